The molecule has 0 atom stereocenters. The van der Waals surface area contributed by atoms with E-state index in [1.807, 2.05) is 7.05 Å². The molecule has 0 saturated heterocycles. The highest BCUT2D eigenvalue weighted by atomic mass is 32.2. The predicted octanol–water partition coefficient (Wildman–Crippen LogP) is -0.302. The fourth-order valence-corrected chi connectivity index (χ4v) is 2.38. The molecule has 1 rings (SSSR count). The van der Waals surface area contributed by atoms with Crippen LogP contribution in [0.25, 0.3) is 0 Å². The molecule has 7 nitrogen and oxygen atoms in total. The average Bonchev–Trinajstić information content (AvgIpc) is 2.38. The van der Waals surface area contributed by atoms with Gasteiger partial charge in [0.2, 0.25) is 0 Å². The van der Waals surface area contributed by atoms with Crippen molar-refractivity contribution in [2.75, 3.05) is 31.2 Å². The van der Waals surface area contributed by atoms with Gasteiger partial charge in [-0.25, -0.2) is 13.1 Å². The summed E-state index contributed by atoms with van der Waals surface area (Å²) in [5.74, 6) is -0.0793. The molecule has 114 valence electrons. The van der Waals surface area contributed by atoms with Gasteiger partial charge in [-0.05, 0) is 20.9 Å². The minimum absolute atomic E-state index is 0.0793. The van der Waals surface area contributed by atoms with Gasteiger partial charge in [-0.2, -0.15) is 5.10 Å². The Labute approximate surface area is 119 Å². The van der Waals surface area contributed by atoms with Gasteiger partial charge in [0.25, 0.3) is 5.56 Å². The minimum atomic E-state index is -3.16. The highest BCUT2D eigenvalue weighted by Gasteiger charge is 2.16. The molecule has 0 aliphatic rings. The molecule has 0 unspecified atom stereocenters. The summed E-state index contributed by atoms with van der Waals surface area (Å²) in [4.78, 5) is 11.8. The Morgan fingerprint density at radius 2 is 2.05 bits per heavy atom. The minimum Gasteiger partial charge on any atom is -0.382 e. The molecule has 0 radical (unpaired) electrons. The maximum absolute atomic E-state index is 11.8. The van der Waals surface area contributed by atoms with Crippen LogP contribution in [-0.2, 0) is 16.4 Å². The Hall–Kier alpha value is -1.41. The average molecular weight is 302 g/mol. The Kier molecular flexibility index (Phi) is 6.15. The zero-order valence-electron chi connectivity index (χ0n) is 12.1. The van der Waals surface area contributed by atoms with Crippen LogP contribution in [0.15, 0.2) is 17.1 Å². The van der Waals surface area contributed by atoms with E-state index in [4.69, 9.17) is 0 Å². The van der Waals surface area contributed by atoms with Crippen LogP contribution in [-0.4, -0.2) is 49.3 Å². The number of hydrogen-bond acceptors (Lipinski definition) is 6. The first-order chi connectivity index (χ1) is 9.36. The van der Waals surface area contributed by atoms with Crippen LogP contribution in [0.2, 0.25) is 0 Å². The topological polar surface area (TPSA) is 93.1 Å². The molecular weight excluding hydrogens is 280 g/mol. The number of aryl methyl sites for hydroxylation is 1. The molecule has 0 fully saturated rings. The Bertz CT molecular complexity index is 581. The number of hydrogen-bond donors (Lipinski definition) is 2. The van der Waals surface area contributed by atoms with Gasteiger partial charge in [0, 0.05) is 19.2 Å². The van der Waals surface area contributed by atoms with E-state index in [0.717, 1.165) is 6.54 Å². The number of anilines is 1. The molecule has 0 aliphatic carbocycles. The van der Waals surface area contributed by atoms with Gasteiger partial charge in [0.1, 0.15) is 0 Å². The van der Waals surface area contributed by atoms with Crippen LogP contribution in [0.3, 0.4) is 0 Å². The number of nitrogens with one attached hydrogen (secondary N) is 2. The van der Waals surface area contributed by atoms with Crippen LogP contribution in [0.4, 0.5) is 5.69 Å². The van der Waals surface area contributed by atoms with Gasteiger partial charge < -0.3 is 10.6 Å². The Balaban J connectivity index is 2.67. The summed E-state index contributed by atoms with van der Waals surface area (Å²) >= 11 is 0. The van der Waals surface area contributed by atoms with Gasteiger partial charge in [-0.1, -0.05) is 0 Å². The van der Waals surface area contributed by atoms with E-state index >= 15 is 0 Å². The second-order valence-corrected chi connectivity index (χ2v) is 7.43. The van der Waals surface area contributed by atoms with Gasteiger partial charge in [0.15, 0.2) is 9.84 Å². The largest absolute Gasteiger partial charge is 0.382 e. The van der Waals surface area contributed by atoms with Crippen LogP contribution >= 0.6 is 0 Å². The normalized spacial score (nSPS) is 11.8. The highest BCUT2D eigenvalue weighted by molar-refractivity contribution is 7.91. The molecule has 1 heterocycles. The van der Waals surface area contributed by atoms with Gasteiger partial charge >= 0.3 is 0 Å². The third kappa shape index (κ3) is 4.93. The molecule has 2 N–H and O–H groups in total. The lowest BCUT2D eigenvalue weighted by molar-refractivity contribution is 0.564. The molecule has 0 aliphatic heterocycles. The summed E-state index contributed by atoms with van der Waals surface area (Å²) < 4.78 is 24.6. The summed E-state index contributed by atoms with van der Waals surface area (Å²) in [5, 5.41) is 9.56. The number of aromatic nitrogens is 2. The van der Waals surface area contributed by atoms with Crippen molar-refractivity contribution in [2.24, 2.45) is 0 Å². The first-order valence-electron chi connectivity index (χ1n) is 6.54. The van der Waals surface area contributed by atoms with E-state index in [-0.39, 0.29) is 17.9 Å². The number of nitrogens with zero attached hydrogens (tertiary/aromatic N) is 2. The van der Waals surface area contributed by atoms with Crippen molar-refractivity contribution >= 4 is 15.5 Å². The lowest BCUT2D eigenvalue weighted by Crippen LogP contribution is -2.29. The SMILES string of the molecule is CNCCNc1cnn(CCS(=O)(=O)C(C)C)c(=O)c1. The number of likely N-dealkylation sites (N-methyl/N-ethyl adjacent to an activating group) is 1. The zero-order chi connectivity index (χ0) is 15.2. The summed E-state index contributed by atoms with van der Waals surface area (Å²) in [6, 6.07) is 1.42. The van der Waals surface area contributed by atoms with E-state index in [2.05, 4.69) is 15.7 Å². The second-order valence-electron chi connectivity index (χ2n) is 4.75. The fourth-order valence-electron chi connectivity index (χ4n) is 1.48. The lowest BCUT2D eigenvalue weighted by Gasteiger charge is -2.10. The number of sulfone groups is 1. The summed E-state index contributed by atoms with van der Waals surface area (Å²) in [6.07, 6.45) is 1.53. The van der Waals surface area contributed by atoms with E-state index in [9.17, 15) is 13.2 Å². The molecule has 0 amide bonds. The van der Waals surface area contributed by atoms with Crippen LogP contribution in [0.5, 0.6) is 0 Å². The summed E-state index contributed by atoms with van der Waals surface area (Å²) in [6.45, 7) is 4.79. The van der Waals surface area contributed by atoms with E-state index in [1.165, 1.54) is 16.9 Å². The molecule has 0 saturated carbocycles. The van der Waals surface area contributed by atoms with Crippen molar-refractivity contribution in [2.45, 2.75) is 25.6 Å². The first kappa shape index (κ1) is 16.6. The second kappa shape index (κ2) is 7.39. The van der Waals surface area contributed by atoms with Crippen molar-refractivity contribution in [3.8, 4) is 0 Å². The third-order valence-electron chi connectivity index (χ3n) is 2.88. The highest BCUT2D eigenvalue weighted by Crippen LogP contribution is 2.02. The molecule has 1 aromatic rings. The molecule has 20 heavy (non-hydrogen) atoms. The quantitative estimate of drug-likeness (QED) is 0.640. The zero-order valence-corrected chi connectivity index (χ0v) is 12.9. The van der Waals surface area contributed by atoms with E-state index in [0.29, 0.717) is 12.2 Å². The Morgan fingerprint density at radius 1 is 1.35 bits per heavy atom. The van der Waals surface area contributed by atoms with Crippen LogP contribution < -0.4 is 16.2 Å². The number of rotatable bonds is 8. The Morgan fingerprint density at radius 3 is 2.60 bits per heavy atom. The van der Waals surface area contributed by atoms with Gasteiger partial charge in [-0.15, -0.1) is 0 Å². The first-order valence-corrected chi connectivity index (χ1v) is 8.25. The fraction of sp³-hybridized carbons (Fsp3) is 0.667. The van der Waals surface area contributed by atoms with Crippen LogP contribution in [0.1, 0.15) is 13.8 Å². The van der Waals surface area contributed by atoms with Crippen molar-refractivity contribution in [1.82, 2.24) is 15.1 Å². The van der Waals surface area contributed by atoms with E-state index in [1.54, 1.807) is 13.8 Å². The van der Waals surface area contributed by atoms with Crippen molar-refractivity contribution in [3.05, 3.63) is 22.6 Å². The van der Waals surface area contributed by atoms with Crippen LogP contribution in [0, 0.1) is 0 Å². The standard InChI is InChI=1S/C12H22N4O3S/c1-10(2)20(18,19)7-6-16-12(17)8-11(9-15-16)14-5-4-13-3/h8-10,13-14H,4-7H2,1-3H3. The van der Waals surface area contributed by atoms with E-state index < -0.39 is 15.1 Å². The molecule has 8 heteroatoms. The lowest BCUT2D eigenvalue weighted by atomic mass is 10.4. The summed E-state index contributed by atoms with van der Waals surface area (Å²) in [7, 11) is -1.32. The molecule has 0 bridgehead atoms. The maximum atomic E-state index is 11.8. The molecule has 0 spiro atoms. The van der Waals surface area contributed by atoms with Gasteiger partial charge in [0.05, 0.1) is 29.4 Å². The smallest absolute Gasteiger partial charge is 0.268 e. The monoisotopic (exact) mass is 302 g/mol. The van der Waals surface area contributed by atoms with Crippen molar-refractivity contribution in [3.63, 3.8) is 0 Å². The van der Waals surface area contributed by atoms with Crippen molar-refractivity contribution in [1.29, 1.82) is 0 Å². The molecule has 1 aromatic heterocycles. The van der Waals surface area contributed by atoms with Gasteiger partial charge in [-0.3, -0.25) is 4.79 Å². The predicted molar refractivity (Wildman–Crippen MR) is 79.8 cm³/mol. The van der Waals surface area contributed by atoms with Crippen molar-refractivity contribution < 1.29 is 8.42 Å². The third-order valence-corrected chi connectivity index (χ3v) is 5.07. The summed E-state index contributed by atoms with van der Waals surface area (Å²) in [5.41, 5.74) is 0.326. The maximum Gasteiger partial charge on any atom is 0.268 e. The molecular formula is C12H22N4O3S. The molecule has 0 aromatic carbocycles.